The fraction of sp³-hybridized carbons (Fsp3) is 0.588. The minimum Gasteiger partial charge on any atom is -0.329 e. The van der Waals surface area contributed by atoms with Gasteiger partial charge in [0.2, 0.25) is 5.91 Å². The molecule has 0 fully saturated rings. The molecule has 4 heteroatoms. The first-order chi connectivity index (χ1) is 9.88. The number of carbonyl (C=O) groups excluding carboxylic acids is 1. The Hall–Kier alpha value is -1.39. The molecule has 0 bridgehead atoms. The van der Waals surface area contributed by atoms with Crippen molar-refractivity contribution >= 4 is 11.6 Å². The maximum atomic E-state index is 12.6. The summed E-state index contributed by atoms with van der Waals surface area (Å²) < 4.78 is 0. The van der Waals surface area contributed by atoms with Gasteiger partial charge in [0.25, 0.3) is 0 Å². The van der Waals surface area contributed by atoms with Crippen LogP contribution in [-0.4, -0.2) is 31.4 Å². The van der Waals surface area contributed by atoms with Crippen molar-refractivity contribution in [2.24, 2.45) is 11.1 Å². The van der Waals surface area contributed by atoms with Crippen LogP contribution in [0.2, 0.25) is 0 Å². The number of carbonyl (C=O) groups is 1. The molecule has 0 aliphatic heterocycles. The summed E-state index contributed by atoms with van der Waals surface area (Å²) in [5, 5.41) is 3.08. The summed E-state index contributed by atoms with van der Waals surface area (Å²) in [7, 11) is 4.07. The second-order valence-corrected chi connectivity index (χ2v) is 6.03. The summed E-state index contributed by atoms with van der Waals surface area (Å²) in [4.78, 5) is 14.7. The summed E-state index contributed by atoms with van der Waals surface area (Å²) in [6.07, 6.45) is 1.50. The van der Waals surface area contributed by atoms with E-state index in [4.69, 9.17) is 5.73 Å². The van der Waals surface area contributed by atoms with E-state index < -0.39 is 5.41 Å². The Balaban J connectivity index is 2.98. The Morgan fingerprint density at radius 2 is 1.90 bits per heavy atom. The van der Waals surface area contributed by atoms with Crippen LogP contribution in [0.4, 0.5) is 5.69 Å². The molecule has 21 heavy (non-hydrogen) atoms. The highest BCUT2D eigenvalue weighted by Crippen LogP contribution is 2.28. The molecular formula is C17H29N3O. The number of aryl methyl sites for hydroxylation is 1. The summed E-state index contributed by atoms with van der Waals surface area (Å²) in [5.41, 5.74) is 8.53. The van der Waals surface area contributed by atoms with Gasteiger partial charge in [0.15, 0.2) is 0 Å². The first kappa shape index (κ1) is 17.7. The number of nitrogens with two attached hydrogens (primary N) is 1. The first-order valence-electron chi connectivity index (χ1n) is 7.64. The maximum absolute atomic E-state index is 12.6. The molecule has 0 atom stereocenters. The molecule has 1 amide bonds. The van der Waals surface area contributed by atoms with Crippen molar-refractivity contribution in [1.82, 2.24) is 4.90 Å². The molecule has 3 N–H and O–H groups in total. The summed E-state index contributed by atoms with van der Waals surface area (Å²) in [6, 6.07) is 6.21. The third-order valence-electron chi connectivity index (χ3n) is 4.27. The Bertz CT molecular complexity index is 471. The lowest BCUT2D eigenvalue weighted by molar-refractivity contribution is -0.125. The van der Waals surface area contributed by atoms with Crippen molar-refractivity contribution in [2.45, 2.75) is 40.2 Å². The molecule has 0 unspecified atom stereocenters. The number of nitrogens with one attached hydrogen (secondary N) is 1. The van der Waals surface area contributed by atoms with Gasteiger partial charge in [-0.25, -0.2) is 0 Å². The van der Waals surface area contributed by atoms with Crippen LogP contribution in [0.3, 0.4) is 0 Å². The smallest absolute Gasteiger partial charge is 0.231 e. The van der Waals surface area contributed by atoms with Crippen molar-refractivity contribution in [3.8, 4) is 0 Å². The molecule has 0 saturated heterocycles. The zero-order valence-electron chi connectivity index (χ0n) is 14.0. The van der Waals surface area contributed by atoms with Gasteiger partial charge in [0.1, 0.15) is 0 Å². The monoisotopic (exact) mass is 291 g/mol. The van der Waals surface area contributed by atoms with Gasteiger partial charge in [-0.3, -0.25) is 4.79 Å². The van der Waals surface area contributed by atoms with Crippen molar-refractivity contribution in [2.75, 3.05) is 26.0 Å². The highest BCUT2D eigenvalue weighted by Gasteiger charge is 2.33. The number of rotatable bonds is 7. The van der Waals surface area contributed by atoms with Crippen LogP contribution < -0.4 is 11.1 Å². The Morgan fingerprint density at radius 3 is 2.38 bits per heavy atom. The van der Waals surface area contributed by atoms with Crippen LogP contribution in [0.15, 0.2) is 18.2 Å². The van der Waals surface area contributed by atoms with Gasteiger partial charge < -0.3 is 16.0 Å². The van der Waals surface area contributed by atoms with Gasteiger partial charge in [-0.2, -0.15) is 0 Å². The molecule has 0 heterocycles. The second kappa shape index (κ2) is 7.57. The Labute approximate surface area is 128 Å². The van der Waals surface area contributed by atoms with E-state index in [1.165, 1.54) is 5.56 Å². The number of anilines is 1. The third kappa shape index (κ3) is 4.29. The minimum atomic E-state index is -0.468. The van der Waals surface area contributed by atoms with Crippen molar-refractivity contribution in [3.05, 3.63) is 29.3 Å². The molecule has 4 nitrogen and oxygen atoms in total. The molecule has 0 aliphatic carbocycles. The number of hydrogen-bond acceptors (Lipinski definition) is 3. The van der Waals surface area contributed by atoms with Gasteiger partial charge >= 0.3 is 0 Å². The summed E-state index contributed by atoms with van der Waals surface area (Å²) >= 11 is 0. The van der Waals surface area contributed by atoms with Gasteiger partial charge in [-0.15, -0.1) is 0 Å². The lowest BCUT2D eigenvalue weighted by Gasteiger charge is -2.29. The molecule has 0 spiro atoms. The van der Waals surface area contributed by atoms with Crippen LogP contribution in [0.25, 0.3) is 0 Å². The minimum absolute atomic E-state index is 0.0279. The van der Waals surface area contributed by atoms with Crippen LogP contribution >= 0.6 is 0 Å². The molecular weight excluding hydrogens is 262 g/mol. The molecule has 0 saturated carbocycles. The Morgan fingerprint density at radius 1 is 1.29 bits per heavy atom. The van der Waals surface area contributed by atoms with Gasteiger partial charge in [-0.05, 0) is 51.1 Å². The van der Waals surface area contributed by atoms with Gasteiger partial charge in [0, 0.05) is 18.8 Å². The highest BCUT2D eigenvalue weighted by atomic mass is 16.2. The van der Waals surface area contributed by atoms with E-state index in [9.17, 15) is 4.79 Å². The summed E-state index contributed by atoms with van der Waals surface area (Å²) in [6.45, 7) is 7.28. The normalized spacial score (nSPS) is 11.8. The van der Waals surface area contributed by atoms with Crippen LogP contribution in [0.5, 0.6) is 0 Å². The quantitative estimate of drug-likeness (QED) is 0.812. The van der Waals surface area contributed by atoms with Gasteiger partial charge in [-0.1, -0.05) is 26.0 Å². The summed E-state index contributed by atoms with van der Waals surface area (Å²) in [5.74, 6) is 0.0279. The van der Waals surface area contributed by atoms with E-state index in [-0.39, 0.29) is 5.91 Å². The average Bonchev–Trinajstić information content (AvgIpc) is 2.44. The van der Waals surface area contributed by atoms with Crippen molar-refractivity contribution in [3.63, 3.8) is 0 Å². The first-order valence-corrected chi connectivity index (χ1v) is 7.64. The lowest BCUT2D eigenvalue weighted by Crippen LogP contribution is -2.41. The third-order valence-corrected chi connectivity index (χ3v) is 4.27. The number of nitrogens with zero attached hydrogens (tertiary/aromatic N) is 1. The van der Waals surface area contributed by atoms with E-state index in [0.717, 1.165) is 30.6 Å². The van der Waals surface area contributed by atoms with Crippen LogP contribution in [0, 0.1) is 12.3 Å². The van der Waals surface area contributed by atoms with E-state index >= 15 is 0 Å². The van der Waals surface area contributed by atoms with Crippen LogP contribution in [0.1, 0.15) is 37.8 Å². The highest BCUT2D eigenvalue weighted by molar-refractivity contribution is 5.96. The standard InChI is InChI=1S/C17H29N3O/c1-6-17(7-2,12-18)16(21)19-15-10-14(11-20(4)5)9-8-13(15)3/h8-10H,6-7,11-12,18H2,1-5H3,(H,19,21). The molecule has 1 rings (SSSR count). The van der Waals surface area contributed by atoms with E-state index in [1.54, 1.807) is 0 Å². The molecule has 118 valence electrons. The zero-order valence-corrected chi connectivity index (χ0v) is 14.0. The zero-order chi connectivity index (χ0) is 16.0. The molecule has 1 aromatic rings. The molecule has 0 aliphatic rings. The average molecular weight is 291 g/mol. The Kier molecular flexibility index (Phi) is 6.37. The lowest BCUT2D eigenvalue weighted by atomic mass is 9.81. The van der Waals surface area contributed by atoms with Gasteiger partial charge in [0.05, 0.1) is 5.41 Å². The number of benzene rings is 1. The number of amides is 1. The van der Waals surface area contributed by atoms with Crippen molar-refractivity contribution < 1.29 is 4.79 Å². The molecule has 0 aromatic heterocycles. The second-order valence-electron chi connectivity index (χ2n) is 6.03. The number of hydrogen-bond donors (Lipinski definition) is 2. The van der Waals surface area contributed by atoms with Crippen LogP contribution in [-0.2, 0) is 11.3 Å². The molecule has 1 aromatic carbocycles. The fourth-order valence-electron chi connectivity index (χ4n) is 2.47. The van der Waals surface area contributed by atoms with Crippen molar-refractivity contribution in [1.29, 1.82) is 0 Å². The van der Waals surface area contributed by atoms with E-state index in [1.807, 2.05) is 34.9 Å². The fourth-order valence-corrected chi connectivity index (χ4v) is 2.47. The topological polar surface area (TPSA) is 58.4 Å². The predicted octanol–water partition coefficient (Wildman–Crippen LogP) is 2.76. The molecule has 0 radical (unpaired) electrons. The largest absolute Gasteiger partial charge is 0.329 e. The maximum Gasteiger partial charge on any atom is 0.231 e. The predicted molar refractivity (Wildman–Crippen MR) is 89.3 cm³/mol. The van der Waals surface area contributed by atoms with E-state index in [2.05, 4.69) is 28.4 Å². The SMILES string of the molecule is CCC(CC)(CN)C(=O)Nc1cc(CN(C)C)ccc1C. The van der Waals surface area contributed by atoms with E-state index in [0.29, 0.717) is 6.54 Å².